The number of rotatable bonds is 5. The van der Waals surface area contributed by atoms with Crippen molar-refractivity contribution >= 4 is 23.9 Å². The molecule has 0 bridgehead atoms. The van der Waals surface area contributed by atoms with Gasteiger partial charge in [0.1, 0.15) is 0 Å². The third-order valence-corrected chi connectivity index (χ3v) is 2.31. The molecule has 5 radical (unpaired) electrons. The fraction of sp³-hybridized carbons (Fsp3) is 0.900. The predicted octanol–water partition coefficient (Wildman–Crippen LogP) is 6.09. The molecule has 0 heterocycles. The van der Waals surface area contributed by atoms with Gasteiger partial charge in [-0.1, -0.05) is 14.9 Å². The number of hydrogen-bond acceptors (Lipinski definition) is 0. The van der Waals surface area contributed by atoms with E-state index in [1.807, 2.05) is 6.92 Å². The van der Waals surface area contributed by atoms with Crippen LogP contribution in [0.15, 0.2) is 0 Å². The van der Waals surface area contributed by atoms with Crippen LogP contribution in [0.25, 0.3) is 0 Å². The smallest absolute Gasteiger partial charge is 0.200 e. The molecule has 0 atom stereocenters. The van der Waals surface area contributed by atoms with Crippen LogP contribution < -0.4 is 0 Å². The summed E-state index contributed by atoms with van der Waals surface area (Å²) in [4.78, 5) is 0. The van der Waals surface area contributed by atoms with Crippen molar-refractivity contribution < 1.29 is 58.5 Å². The molecule has 14 heteroatoms. The van der Waals surface area contributed by atoms with Gasteiger partial charge in [-0.15, -0.1) is 0 Å². The van der Waals surface area contributed by atoms with Gasteiger partial charge in [0.15, 0.2) is 0 Å². The Bertz CT molecular complexity index is 391. The van der Waals surface area contributed by atoms with Crippen LogP contribution in [-0.2, 0) is 0 Å². The molecule has 0 fully saturated rings. The SMILES string of the molecule is C.C.[CH2]CC(F)(F)C(F)(F)C(F)(F)C(F)(F)C(F)(F)C(F)(F)F.[HH].[Sn]. The molecule has 0 aromatic carbocycles. The van der Waals surface area contributed by atoms with E-state index in [4.69, 9.17) is 0 Å². The van der Waals surface area contributed by atoms with Crippen LogP contribution in [0.5, 0.6) is 0 Å². The monoisotopic (exact) mass is 501 g/mol. The molecule has 0 unspecified atom stereocenters. The summed E-state index contributed by atoms with van der Waals surface area (Å²) in [5, 5.41) is 0. The van der Waals surface area contributed by atoms with E-state index in [0.29, 0.717) is 0 Å². The van der Waals surface area contributed by atoms with Gasteiger partial charge in [-0.2, -0.15) is 57.1 Å². The van der Waals surface area contributed by atoms with Gasteiger partial charge in [-0.3, -0.25) is 0 Å². The minimum Gasteiger partial charge on any atom is -0.200 e. The van der Waals surface area contributed by atoms with Gasteiger partial charge in [0, 0.05) is 31.8 Å². The van der Waals surface area contributed by atoms with Crippen LogP contribution in [0.1, 0.15) is 22.7 Å². The van der Waals surface area contributed by atoms with Gasteiger partial charge in [0.2, 0.25) is 0 Å². The van der Waals surface area contributed by atoms with Gasteiger partial charge in [-0.05, 0) is 6.92 Å². The first-order chi connectivity index (χ1) is 8.81. The molecule has 0 rings (SSSR count). The van der Waals surface area contributed by atoms with E-state index < -0.39 is 42.2 Å². The molecule has 0 nitrogen and oxygen atoms in total. The molecular weight excluding hydrogens is 486 g/mol. The first-order valence-corrected chi connectivity index (χ1v) is 4.56. The van der Waals surface area contributed by atoms with E-state index in [1.165, 1.54) is 0 Å². The average Bonchev–Trinajstić information content (AvgIpc) is 2.26. The van der Waals surface area contributed by atoms with Crippen molar-refractivity contribution in [1.82, 2.24) is 0 Å². The third kappa shape index (κ3) is 4.16. The van der Waals surface area contributed by atoms with Crippen LogP contribution in [0.3, 0.4) is 0 Å². The zero-order chi connectivity index (χ0) is 17.7. The van der Waals surface area contributed by atoms with E-state index in [0.717, 1.165) is 0 Å². The maximum atomic E-state index is 12.7. The Morgan fingerprint density at radius 3 is 1.00 bits per heavy atom. The standard InChI is InChI=1S/C8H4F13.2CH4.Sn.H2/c1-2-3(9,10)4(11,12)5(13,14)6(15,16)7(17,18)8(19,20)21;;;;/h1-2H2;2*1H4;;1H. The van der Waals surface area contributed by atoms with Gasteiger partial charge < -0.3 is 0 Å². The largest absolute Gasteiger partial charge is 0.460 e. The summed E-state index contributed by atoms with van der Waals surface area (Å²) in [6.45, 7) is 2.01. The van der Waals surface area contributed by atoms with Crippen LogP contribution in [0, 0.1) is 6.92 Å². The van der Waals surface area contributed by atoms with Crippen molar-refractivity contribution in [2.24, 2.45) is 0 Å². The van der Waals surface area contributed by atoms with Crippen LogP contribution in [-0.4, -0.2) is 59.7 Å². The second kappa shape index (κ2) is 8.06. The summed E-state index contributed by atoms with van der Waals surface area (Å²) in [6, 6.07) is 0. The Hall–Kier alpha value is -0.111. The Kier molecular flexibility index (Phi) is 10.6. The topological polar surface area (TPSA) is 0 Å². The fourth-order valence-corrected chi connectivity index (χ4v) is 0.959. The van der Waals surface area contributed by atoms with Crippen molar-refractivity contribution in [3.05, 3.63) is 6.92 Å². The molecule has 0 aliphatic heterocycles. The second-order valence-electron chi connectivity index (χ2n) is 3.75. The molecule has 0 saturated carbocycles. The molecule has 0 amide bonds. The quantitative estimate of drug-likeness (QED) is 0.317. The van der Waals surface area contributed by atoms with Crippen molar-refractivity contribution in [2.45, 2.75) is 57.1 Å². The summed E-state index contributed by atoms with van der Waals surface area (Å²) < 4.78 is 160. The van der Waals surface area contributed by atoms with E-state index in [1.54, 1.807) is 0 Å². The number of hydrogen-bond donors (Lipinski definition) is 0. The van der Waals surface area contributed by atoms with E-state index in [9.17, 15) is 57.1 Å². The number of halogens is 13. The van der Waals surface area contributed by atoms with Gasteiger partial charge in [0.05, 0.1) is 0 Å². The molecular formula is C10H14F13Sn. The molecule has 0 aliphatic rings. The zero-order valence-electron chi connectivity index (χ0n) is 9.83. The Morgan fingerprint density at radius 1 is 0.542 bits per heavy atom. The first-order valence-electron chi connectivity index (χ1n) is 4.56. The molecule has 0 spiro atoms. The molecule has 0 aromatic rings. The van der Waals surface area contributed by atoms with Crippen LogP contribution in [0.2, 0.25) is 0 Å². The maximum absolute atomic E-state index is 12.7. The van der Waals surface area contributed by atoms with E-state index in [-0.39, 0.29) is 40.2 Å². The molecule has 149 valence electrons. The molecule has 0 N–H and O–H groups in total. The van der Waals surface area contributed by atoms with Crippen LogP contribution in [0.4, 0.5) is 57.1 Å². The minimum atomic E-state index is -7.83. The summed E-state index contributed by atoms with van der Waals surface area (Å²) in [6.07, 6.45) is -9.83. The van der Waals surface area contributed by atoms with Gasteiger partial charge in [-0.25, -0.2) is 0 Å². The first kappa shape index (κ1) is 31.6. The van der Waals surface area contributed by atoms with Crippen molar-refractivity contribution in [2.75, 3.05) is 0 Å². The van der Waals surface area contributed by atoms with E-state index in [2.05, 4.69) is 0 Å². The summed E-state index contributed by atoms with van der Waals surface area (Å²) >= 11 is 0. The van der Waals surface area contributed by atoms with E-state index >= 15 is 0 Å². The average molecular weight is 500 g/mol. The summed E-state index contributed by atoms with van der Waals surface area (Å²) in [5.41, 5.74) is 0. The molecule has 0 saturated heterocycles. The second-order valence-corrected chi connectivity index (χ2v) is 3.75. The van der Waals surface area contributed by atoms with Crippen molar-refractivity contribution in [1.29, 1.82) is 0 Å². The van der Waals surface area contributed by atoms with Crippen molar-refractivity contribution in [3.63, 3.8) is 0 Å². The molecule has 0 aromatic heterocycles. The predicted molar refractivity (Wildman–Crippen MR) is 62.1 cm³/mol. The van der Waals surface area contributed by atoms with Gasteiger partial charge >= 0.3 is 35.8 Å². The number of alkyl halides is 13. The summed E-state index contributed by atoms with van der Waals surface area (Å²) in [5.74, 6) is -36.5. The van der Waals surface area contributed by atoms with Gasteiger partial charge in [0.25, 0.3) is 0 Å². The molecule has 24 heavy (non-hydrogen) atoms. The van der Waals surface area contributed by atoms with Crippen molar-refractivity contribution in [3.8, 4) is 0 Å². The summed E-state index contributed by atoms with van der Waals surface area (Å²) in [7, 11) is 0. The van der Waals surface area contributed by atoms with Crippen LogP contribution >= 0.6 is 0 Å². The minimum absolute atomic E-state index is 0. The molecule has 0 aliphatic carbocycles. The third-order valence-electron chi connectivity index (χ3n) is 2.31. The maximum Gasteiger partial charge on any atom is 0.460 e. The Balaban J connectivity index is -0.000000333. The Morgan fingerprint density at radius 2 is 0.792 bits per heavy atom. The Labute approximate surface area is 147 Å². The normalized spacial score (nSPS) is 14.2. The fourth-order valence-electron chi connectivity index (χ4n) is 0.959. The zero-order valence-corrected chi connectivity index (χ0v) is 12.7.